The molecule has 44 heavy (non-hydrogen) atoms. The maximum atomic E-state index is 13.8. The monoisotopic (exact) mass is 604 g/mol. The topological polar surface area (TPSA) is 117 Å². The van der Waals surface area contributed by atoms with Crippen molar-refractivity contribution in [2.75, 3.05) is 24.9 Å². The van der Waals surface area contributed by atoms with Gasteiger partial charge in [0.2, 0.25) is 11.8 Å². The van der Waals surface area contributed by atoms with Crippen molar-refractivity contribution in [3.63, 3.8) is 0 Å². The second-order valence-corrected chi connectivity index (χ2v) is 15.4. The molecule has 6 atom stereocenters. The first-order valence-electron chi connectivity index (χ1n) is 15.9. The Labute approximate surface area is 260 Å². The predicted octanol–water partition coefficient (Wildman–Crippen LogP) is 6.40. The number of amides is 2. The molecule has 2 aromatic carbocycles. The number of anilines is 2. The molecule has 0 unspecified atom stereocenters. The van der Waals surface area contributed by atoms with Crippen molar-refractivity contribution >= 4 is 23.2 Å². The van der Waals surface area contributed by atoms with Crippen molar-refractivity contribution in [2.24, 2.45) is 32.5 Å². The van der Waals surface area contributed by atoms with Gasteiger partial charge >= 0.3 is 0 Å². The molecule has 4 aliphatic carbocycles. The van der Waals surface area contributed by atoms with E-state index in [9.17, 15) is 19.8 Å². The summed E-state index contributed by atoms with van der Waals surface area (Å²) in [5.41, 5.74) is 0.381. The highest BCUT2D eigenvalue weighted by atomic mass is 16.5. The Kier molecular flexibility index (Phi) is 6.81. The molecule has 0 spiro atoms. The molecule has 0 aromatic heterocycles. The van der Waals surface area contributed by atoms with Gasteiger partial charge in [-0.15, -0.1) is 0 Å². The highest BCUT2D eigenvalue weighted by Gasteiger charge is 2.73. The second kappa shape index (κ2) is 9.70. The molecule has 4 saturated carbocycles. The molecule has 8 nitrogen and oxygen atoms in total. The van der Waals surface area contributed by atoms with Crippen LogP contribution >= 0.6 is 0 Å². The molecule has 0 heterocycles. The summed E-state index contributed by atoms with van der Waals surface area (Å²) in [6.45, 7) is 12.6. The van der Waals surface area contributed by atoms with Crippen LogP contribution in [0.2, 0.25) is 0 Å². The molecular formula is C36H48N2O6. The summed E-state index contributed by atoms with van der Waals surface area (Å²) in [4.78, 5) is 27.6. The number of ether oxygens (including phenoxy) is 2. The zero-order chi connectivity index (χ0) is 32.1. The highest BCUT2D eigenvalue weighted by molar-refractivity contribution is 5.99. The Balaban J connectivity index is 1.23. The largest absolute Gasteiger partial charge is 0.495 e. The van der Waals surface area contributed by atoms with E-state index in [1.54, 1.807) is 14.2 Å². The lowest BCUT2D eigenvalue weighted by Crippen LogP contribution is -2.43. The summed E-state index contributed by atoms with van der Waals surface area (Å²) in [6.07, 6.45) is 3.07. The fourth-order valence-corrected chi connectivity index (χ4v) is 9.69. The first kappa shape index (κ1) is 30.9. The van der Waals surface area contributed by atoms with Gasteiger partial charge in [-0.25, -0.2) is 0 Å². The maximum Gasteiger partial charge on any atom is 0.231 e. The molecule has 238 valence electrons. The van der Waals surface area contributed by atoms with Crippen LogP contribution in [-0.4, -0.2) is 48.5 Å². The highest BCUT2D eigenvalue weighted by Crippen LogP contribution is 2.73. The smallest absolute Gasteiger partial charge is 0.231 e. The minimum Gasteiger partial charge on any atom is -0.495 e. The number of benzene rings is 2. The van der Waals surface area contributed by atoms with Crippen LogP contribution in [0, 0.1) is 32.5 Å². The van der Waals surface area contributed by atoms with Crippen LogP contribution in [0.1, 0.15) is 80.1 Å². The number of aliphatic hydroxyl groups is 2. The van der Waals surface area contributed by atoms with E-state index in [2.05, 4.69) is 52.2 Å². The molecule has 0 radical (unpaired) electrons. The number of nitrogens with one attached hydrogen (secondary N) is 2. The van der Waals surface area contributed by atoms with Gasteiger partial charge in [0, 0.05) is 0 Å². The minimum atomic E-state index is -0.638. The zero-order valence-corrected chi connectivity index (χ0v) is 27.4. The van der Waals surface area contributed by atoms with Crippen LogP contribution in [-0.2, 0) is 9.59 Å². The molecule has 2 amide bonds. The summed E-state index contributed by atoms with van der Waals surface area (Å²) in [6, 6.07) is 11.3. The van der Waals surface area contributed by atoms with Gasteiger partial charge in [-0.3, -0.25) is 9.59 Å². The number of carbonyl (C=O) groups is 2. The normalized spacial score (nSPS) is 35.9. The third kappa shape index (κ3) is 3.70. The van der Waals surface area contributed by atoms with E-state index in [0.29, 0.717) is 35.7 Å². The quantitative estimate of drug-likeness (QED) is 0.291. The van der Waals surface area contributed by atoms with Gasteiger partial charge in [0.05, 0.1) is 48.6 Å². The van der Waals surface area contributed by atoms with Crippen molar-refractivity contribution in [3.8, 4) is 22.6 Å². The summed E-state index contributed by atoms with van der Waals surface area (Å²) in [5, 5.41) is 28.0. The van der Waals surface area contributed by atoms with Crippen molar-refractivity contribution in [3.05, 3.63) is 36.4 Å². The van der Waals surface area contributed by atoms with Crippen LogP contribution in [0.4, 0.5) is 11.4 Å². The van der Waals surface area contributed by atoms with Crippen molar-refractivity contribution in [1.82, 2.24) is 0 Å². The molecule has 4 fully saturated rings. The molecule has 0 aliphatic heterocycles. The van der Waals surface area contributed by atoms with Gasteiger partial charge in [-0.2, -0.15) is 0 Å². The lowest BCUT2D eigenvalue weighted by Gasteiger charge is -2.40. The van der Waals surface area contributed by atoms with Crippen LogP contribution in [0.5, 0.6) is 11.5 Å². The van der Waals surface area contributed by atoms with Crippen LogP contribution < -0.4 is 20.1 Å². The van der Waals surface area contributed by atoms with Gasteiger partial charge in [0.25, 0.3) is 0 Å². The third-order valence-corrected chi connectivity index (χ3v) is 14.0. The standard InChI is InChI=1S/C36H48N2O6/c1-31(2)33(5)13-15-35(31,19-27(33)39)29(41)37-23-11-9-21(17-25(23)43-7)22-10-12-24(26(18-22)44-8)38-30(42)36-16-14-34(6,28(40)20-36)32(36,3)4/h9-12,17-18,27-28,39-40H,13-16,19-20H2,1-8H3,(H,37,41)(H,38,42)/t27-,28+,33-,34+,35+,36-. The summed E-state index contributed by atoms with van der Waals surface area (Å²) < 4.78 is 11.4. The number of rotatable bonds is 7. The summed E-state index contributed by atoms with van der Waals surface area (Å²) >= 11 is 0. The number of hydrogen-bond donors (Lipinski definition) is 4. The number of carbonyl (C=O) groups excluding carboxylic acids is 2. The van der Waals surface area contributed by atoms with E-state index in [1.807, 2.05) is 36.4 Å². The van der Waals surface area contributed by atoms with Gasteiger partial charge in [0.1, 0.15) is 11.5 Å². The number of fused-ring (bicyclic) bond motifs is 4. The van der Waals surface area contributed by atoms with Crippen molar-refractivity contribution in [1.29, 1.82) is 0 Å². The Morgan fingerprint density at radius 2 is 1.02 bits per heavy atom. The van der Waals surface area contributed by atoms with E-state index in [1.165, 1.54) is 0 Å². The lowest BCUT2D eigenvalue weighted by molar-refractivity contribution is -0.131. The van der Waals surface area contributed by atoms with E-state index in [0.717, 1.165) is 36.8 Å². The van der Waals surface area contributed by atoms with Crippen molar-refractivity contribution in [2.45, 2.75) is 92.3 Å². The van der Waals surface area contributed by atoms with Crippen LogP contribution in [0.25, 0.3) is 11.1 Å². The predicted molar refractivity (Wildman–Crippen MR) is 171 cm³/mol. The molecule has 2 aromatic rings. The molecule has 4 bridgehead atoms. The molecule has 0 saturated heterocycles. The van der Waals surface area contributed by atoms with E-state index < -0.39 is 23.0 Å². The fraction of sp³-hybridized carbons (Fsp3) is 0.611. The Morgan fingerprint density at radius 1 is 0.659 bits per heavy atom. The lowest BCUT2D eigenvalue weighted by atomic mass is 9.64. The number of hydrogen-bond acceptors (Lipinski definition) is 6. The number of methoxy groups -OCH3 is 2. The van der Waals surface area contributed by atoms with Crippen molar-refractivity contribution < 1.29 is 29.3 Å². The SMILES string of the molecule is COc1cc(-c2ccc(NC(=O)[C@]34CC[C@](C)([C@H](O)C3)C4(C)C)c(OC)c2)ccc1NC(=O)[C@@]12CC[C@@](C)([C@@H](O)C1)C2(C)C. The first-order chi connectivity index (χ1) is 20.5. The van der Waals surface area contributed by atoms with Gasteiger partial charge in [-0.1, -0.05) is 53.7 Å². The number of aliphatic hydroxyl groups excluding tert-OH is 2. The minimum absolute atomic E-state index is 0.0735. The molecule has 4 N–H and O–H groups in total. The molecule has 4 aliphatic rings. The summed E-state index contributed by atoms with van der Waals surface area (Å²) in [7, 11) is 3.16. The van der Waals surface area contributed by atoms with Crippen LogP contribution in [0.15, 0.2) is 36.4 Å². The van der Waals surface area contributed by atoms with E-state index >= 15 is 0 Å². The van der Waals surface area contributed by atoms with Crippen LogP contribution in [0.3, 0.4) is 0 Å². The summed E-state index contributed by atoms with van der Waals surface area (Å²) in [5.74, 6) is 0.920. The zero-order valence-electron chi connectivity index (χ0n) is 27.4. The average molecular weight is 605 g/mol. The first-order valence-corrected chi connectivity index (χ1v) is 15.9. The Morgan fingerprint density at radius 3 is 1.30 bits per heavy atom. The molecular weight excluding hydrogens is 556 g/mol. The Hall–Kier alpha value is -3.10. The van der Waals surface area contributed by atoms with E-state index in [4.69, 9.17) is 9.47 Å². The second-order valence-electron chi connectivity index (χ2n) is 15.4. The average Bonchev–Trinajstić information content (AvgIpc) is 3.45. The third-order valence-electron chi connectivity index (χ3n) is 14.0. The molecule has 6 rings (SSSR count). The Bertz CT molecular complexity index is 1420. The molecule has 8 heteroatoms. The van der Waals surface area contributed by atoms with Gasteiger partial charge in [-0.05, 0) is 95.6 Å². The maximum absolute atomic E-state index is 13.8. The van der Waals surface area contributed by atoms with Gasteiger partial charge < -0.3 is 30.3 Å². The van der Waals surface area contributed by atoms with E-state index in [-0.39, 0.29) is 33.5 Å². The fourth-order valence-electron chi connectivity index (χ4n) is 9.69. The van der Waals surface area contributed by atoms with Gasteiger partial charge in [0.15, 0.2) is 0 Å².